The third kappa shape index (κ3) is 3.95. The van der Waals surface area contributed by atoms with Gasteiger partial charge in [0.2, 0.25) is 0 Å². The minimum absolute atomic E-state index is 0.127. The van der Waals surface area contributed by atoms with E-state index in [-0.39, 0.29) is 24.6 Å². The van der Waals surface area contributed by atoms with Crippen molar-refractivity contribution < 1.29 is 14.3 Å². The minimum Gasteiger partial charge on any atom is -0.465 e. The number of ether oxygens (including phenoxy) is 1. The van der Waals surface area contributed by atoms with Gasteiger partial charge in [-0.15, -0.1) is 0 Å². The van der Waals surface area contributed by atoms with Crippen LogP contribution in [0.4, 0.5) is 10.5 Å². The maximum Gasteiger partial charge on any atom is 0.335 e. The molecule has 2 amide bonds. The molecule has 0 aliphatic carbocycles. The van der Waals surface area contributed by atoms with Crippen LogP contribution in [0.25, 0.3) is 0 Å². The highest BCUT2D eigenvalue weighted by Crippen LogP contribution is 2.12. The molecule has 2 rings (SSSR count). The first kappa shape index (κ1) is 14.8. The lowest BCUT2D eigenvalue weighted by Gasteiger charge is -2.21. The molecule has 0 saturated carbocycles. The molecule has 1 atom stereocenters. The van der Waals surface area contributed by atoms with Gasteiger partial charge in [0.25, 0.3) is 0 Å². The van der Waals surface area contributed by atoms with E-state index in [1.807, 2.05) is 31.2 Å². The summed E-state index contributed by atoms with van der Waals surface area (Å²) < 4.78 is 4.84. The van der Waals surface area contributed by atoms with Gasteiger partial charge in [-0.3, -0.25) is 4.79 Å². The molecule has 0 radical (unpaired) electrons. The number of esters is 1. The summed E-state index contributed by atoms with van der Waals surface area (Å²) in [5.74, 6) is -0.293. The van der Waals surface area contributed by atoms with E-state index in [0.29, 0.717) is 6.61 Å². The second-order valence-corrected chi connectivity index (χ2v) is 4.54. The standard InChI is InChI=1S/C14H18N4O3/c1-3-21-12(19)8-15-11-6-4-10(5-7-11)13-9(2)16-14(20)18-17-13/h4-7,9,15H,3,8H2,1-2H3,(H2,16,18,20). The molecule has 0 saturated heterocycles. The Morgan fingerprint density at radius 3 is 2.71 bits per heavy atom. The molecular formula is C14H18N4O3. The number of hydrogen-bond acceptors (Lipinski definition) is 5. The number of anilines is 1. The van der Waals surface area contributed by atoms with Gasteiger partial charge in [-0.1, -0.05) is 12.1 Å². The number of hydrogen-bond donors (Lipinski definition) is 3. The Hall–Kier alpha value is -2.57. The number of hydrazone groups is 1. The van der Waals surface area contributed by atoms with Crippen LogP contribution in [0.5, 0.6) is 0 Å². The fourth-order valence-corrected chi connectivity index (χ4v) is 1.96. The van der Waals surface area contributed by atoms with Crippen molar-refractivity contribution in [2.24, 2.45) is 5.10 Å². The van der Waals surface area contributed by atoms with Gasteiger partial charge >= 0.3 is 12.0 Å². The van der Waals surface area contributed by atoms with E-state index in [1.54, 1.807) is 6.92 Å². The molecule has 0 fully saturated rings. The van der Waals surface area contributed by atoms with Gasteiger partial charge in [0.1, 0.15) is 6.54 Å². The lowest BCUT2D eigenvalue weighted by atomic mass is 10.0. The van der Waals surface area contributed by atoms with E-state index >= 15 is 0 Å². The zero-order valence-corrected chi connectivity index (χ0v) is 12.0. The molecule has 0 aromatic heterocycles. The molecule has 1 heterocycles. The molecule has 112 valence electrons. The number of carbonyl (C=O) groups excluding carboxylic acids is 2. The molecule has 21 heavy (non-hydrogen) atoms. The maximum absolute atomic E-state index is 11.3. The Bertz CT molecular complexity index is 554. The molecule has 0 spiro atoms. The highest BCUT2D eigenvalue weighted by Gasteiger charge is 2.20. The van der Waals surface area contributed by atoms with Crippen molar-refractivity contribution in [3.63, 3.8) is 0 Å². The second-order valence-electron chi connectivity index (χ2n) is 4.54. The van der Waals surface area contributed by atoms with Gasteiger partial charge in [0.15, 0.2) is 0 Å². The van der Waals surface area contributed by atoms with E-state index < -0.39 is 0 Å². The third-order valence-corrected chi connectivity index (χ3v) is 2.96. The molecule has 1 aromatic rings. The van der Waals surface area contributed by atoms with Crippen LogP contribution < -0.4 is 16.1 Å². The Labute approximate surface area is 122 Å². The van der Waals surface area contributed by atoms with Crippen LogP contribution in [-0.4, -0.2) is 36.9 Å². The molecule has 7 heteroatoms. The lowest BCUT2D eigenvalue weighted by molar-refractivity contribution is -0.140. The van der Waals surface area contributed by atoms with E-state index in [9.17, 15) is 9.59 Å². The molecule has 7 nitrogen and oxygen atoms in total. The zero-order valence-electron chi connectivity index (χ0n) is 12.0. The van der Waals surface area contributed by atoms with Crippen LogP contribution in [0.15, 0.2) is 29.4 Å². The number of urea groups is 1. The SMILES string of the molecule is CCOC(=O)CNc1ccc(C2=NNC(=O)NC2C)cc1. The summed E-state index contributed by atoms with van der Waals surface area (Å²) in [6, 6.07) is 6.99. The number of nitrogens with one attached hydrogen (secondary N) is 3. The van der Waals surface area contributed by atoms with E-state index in [4.69, 9.17) is 4.74 Å². The average molecular weight is 290 g/mol. The monoisotopic (exact) mass is 290 g/mol. The van der Waals surface area contributed by atoms with E-state index in [1.165, 1.54) is 0 Å². The summed E-state index contributed by atoms with van der Waals surface area (Å²) in [6.45, 7) is 4.13. The van der Waals surface area contributed by atoms with Gasteiger partial charge in [0, 0.05) is 11.3 Å². The fourth-order valence-electron chi connectivity index (χ4n) is 1.96. The Morgan fingerprint density at radius 2 is 2.10 bits per heavy atom. The van der Waals surface area contributed by atoms with E-state index in [0.717, 1.165) is 17.0 Å². The summed E-state index contributed by atoms with van der Waals surface area (Å²) in [6.07, 6.45) is 0. The summed E-state index contributed by atoms with van der Waals surface area (Å²) in [4.78, 5) is 22.4. The number of amides is 2. The van der Waals surface area contributed by atoms with Gasteiger partial charge < -0.3 is 15.4 Å². The minimum atomic E-state index is -0.307. The van der Waals surface area contributed by atoms with Crippen LogP contribution in [0, 0.1) is 0 Å². The quantitative estimate of drug-likeness (QED) is 0.707. The summed E-state index contributed by atoms with van der Waals surface area (Å²) in [5.41, 5.74) is 4.86. The lowest BCUT2D eigenvalue weighted by Crippen LogP contribution is -2.48. The van der Waals surface area contributed by atoms with Crippen molar-refractivity contribution in [1.29, 1.82) is 0 Å². The average Bonchev–Trinajstić information content (AvgIpc) is 2.46. The Morgan fingerprint density at radius 1 is 1.38 bits per heavy atom. The molecule has 1 aromatic carbocycles. The predicted molar refractivity (Wildman–Crippen MR) is 79.2 cm³/mol. The summed E-state index contributed by atoms with van der Waals surface area (Å²) in [5, 5.41) is 9.77. The van der Waals surface area contributed by atoms with Gasteiger partial charge in [0.05, 0.1) is 18.4 Å². The first-order chi connectivity index (χ1) is 10.1. The van der Waals surface area contributed by atoms with Crippen LogP contribution in [-0.2, 0) is 9.53 Å². The molecule has 1 aliphatic heterocycles. The number of rotatable bonds is 5. The summed E-state index contributed by atoms with van der Waals surface area (Å²) >= 11 is 0. The van der Waals surface area contributed by atoms with Crippen LogP contribution in [0.2, 0.25) is 0 Å². The first-order valence-corrected chi connectivity index (χ1v) is 6.74. The highest BCUT2D eigenvalue weighted by atomic mass is 16.5. The van der Waals surface area contributed by atoms with E-state index in [2.05, 4.69) is 21.2 Å². The van der Waals surface area contributed by atoms with Crippen LogP contribution in [0.3, 0.4) is 0 Å². The van der Waals surface area contributed by atoms with Crippen molar-refractivity contribution in [3.05, 3.63) is 29.8 Å². The Kier molecular flexibility index (Phi) is 4.76. The van der Waals surface area contributed by atoms with Gasteiger partial charge in [-0.2, -0.15) is 5.10 Å². The third-order valence-electron chi connectivity index (χ3n) is 2.96. The van der Waals surface area contributed by atoms with Crippen LogP contribution >= 0.6 is 0 Å². The molecular weight excluding hydrogens is 272 g/mol. The van der Waals surface area contributed by atoms with Crippen molar-refractivity contribution in [2.75, 3.05) is 18.5 Å². The second kappa shape index (κ2) is 6.74. The molecule has 3 N–H and O–H groups in total. The topological polar surface area (TPSA) is 91.8 Å². The normalized spacial score (nSPS) is 17.3. The Balaban J connectivity index is 1.99. The van der Waals surface area contributed by atoms with Crippen molar-refractivity contribution in [3.8, 4) is 0 Å². The first-order valence-electron chi connectivity index (χ1n) is 6.74. The van der Waals surface area contributed by atoms with Crippen LogP contribution in [0.1, 0.15) is 19.4 Å². The van der Waals surface area contributed by atoms with Gasteiger partial charge in [-0.05, 0) is 26.0 Å². The summed E-state index contributed by atoms with van der Waals surface area (Å²) in [7, 11) is 0. The number of benzene rings is 1. The fraction of sp³-hybridized carbons (Fsp3) is 0.357. The molecule has 1 unspecified atom stereocenters. The van der Waals surface area contributed by atoms with Gasteiger partial charge in [-0.25, -0.2) is 10.2 Å². The largest absolute Gasteiger partial charge is 0.465 e. The predicted octanol–water partition coefficient (Wildman–Crippen LogP) is 1.07. The van der Waals surface area contributed by atoms with Crippen molar-refractivity contribution >= 4 is 23.4 Å². The number of nitrogens with zero attached hydrogens (tertiary/aromatic N) is 1. The van der Waals surface area contributed by atoms with Crippen molar-refractivity contribution in [1.82, 2.24) is 10.7 Å². The zero-order chi connectivity index (χ0) is 15.2. The van der Waals surface area contributed by atoms with Crippen molar-refractivity contribution in [2.45, 2.75) is 19.9 Å². The maximum atomic E-state index is 11.3. The molecule has 1 aliphatic rings. The smallest absolute Gasteiger partial charge is 0.335 e. The molecule has 0 bridgehead atoms. The number of carbonyl (C=O) groups is 2. The highest BCUT2D eigenvalue weighted by molar-refractivity contribution is 6.07.